The van der Waals surface area contributed by atoms with E-state index in [-0.39, 0.29) is 0 Å². The molecule has 0 aliphatic heterocycles. The zero-order chi connectivity index (χ0) is 14.5. The summed E-state index contributed by atoms with van der Waals surface area (Å²) in [5.74, 6) is 0. The maximum atomic E-state index is 5.98. The summed E-state index contributed by atoms with van der Waals surface area (Å²) in [5.41, 5.74) is 0. The molecule has 1 radical (unpaired) electrons. The number of hydrogen-bond acceptors (Lipinski definition) is 1. The second-order valence-corrected chi connectivity index (χ2v) is 8.31. The van der Waals surface area contributed by atoms with E-state index in [0.717, 1.165) is 0 Å². The molecule has 3 rings (SSSR count). The van der Waals surface area contributed by atoms with Gasteiger partial charge in [-0.15, -0.1) is 0 Å². The zero-order valence-electron chi connectivity index (χ0n) is 11.8. The Morgan fingerprint density at radius 1 is 0.524 bits per heavy atom. The van der Waals surface area contributed by atoms with Gasteiger partial charge in [-0.2, -0.15) is 0 Å². The minimum absolute atomic E-state index is 1.21. The third-order valence-corrected chi connectivity index (χ3v) is 7.63. The predicted molar refractivity (Wildman–Crippen MR) is 90.4 cm³/mol. The molecule has 0 saturated carbocycles. The summed E-state index contributed by atoms with van der Waals surface area (Å²) in [5, 5.41) is 3.62. The fraction of sp³-hybridized carbons (Fsp3) is 0. The summed E-state index contributed by atoms with van der Waals surface area (Å²) in [7, 11) is 1.34. The van der Waals surface area contributed by atoms with Gasteiger partial charge in [0.05, 0.1) is 7.11 Å². The van der Waals surface area contributed by atoms with Crippen LogP contribution in [0.4, 0.5) is 0 Å². The first-order valence-corrected chi connectivity index (χ1v) is 8.88. The molecule has 0 fully saturated rings. The van der Waals surface area contributed by atoms with Gasteiger partial charge in [0, 0.05) is 0 Å². The van der Waals surface area contributed by atoms with Crippen molar-refractivity contribution < 1.29 is 4.43 Å². The van der Waals surface area contributed by atoms with E-state index in [9.17, 15) is 0 Å². The number of rotatable bonds is 4. The van der Waals surface area contributed by atoms with Crippen molar-refractivity contribution in [2.24, 2.45) is 0 Å². The maximum absolute atomic E-state index is 5.98. The van der Waals surface area contributed by atoms with Gasteiger partial charge < -0.3 is 4.43 Å². The van der Waals surface area contributed by atoms with Crippen molar-refractivity contribution in [1.82, 2.24) is 0 Å². The Kier molecular flexibility index (Phi) is 4.00. The van der Waals surface area contributed by atoms with E-state index in [1.54, 1.807) is 0 Å². The average molecular weight is 289 g/mol. The summed E-state index contributed by atoms with van der Waals surface area (Å²) in [6, 6.07) is 31.3. The molecule has 0 amide bonds. The van der Waals surface area contributed by atoms with E-state index in [1.165, 1.54) is 15.6 Å². The molecule has 0 aliphatic carbocycles. The Morgan fingerprint density at radius 2 is 0.810 bits per heavy atom. The van der Waals surface area contributed by atoms with Crippen molar-refractivity contribution in [2.75, 3.05) is 0 Å². The second kappa shape index (κ2) is 6.08. The Bertz CT molecular complexity index is 584. The number of benzene rings is 3. The van der Waals surface area contributed by atoms with Crippen LogP contribution in [0.25, 0.3) is 0 Å². The Labute approximate surface area is 127 Å². The van der Waals surface area contributed by atoms with Gasteiger partial charge in [-0.3, -0.25) is 0 Å². The lowest BCUT2D eigenvalue weighted by Crippen LogP contribution is -2.68. The monoisotopic (exact) mass is 289 g/mol. The summed E-state index contributed by atoms with van der Waals surface area (Å²) in [6.07, 6.45) is 0. The van der Waals surface area contributed by atoms with E-state index in [2.05, 4.69) is 79.9 Å². The van der Waals surface area contributed by atoms with Crippen LogP contribution in [-0.2, 0) is 4.43 Å². The highest BCUT2D eigenvalue weighted by molar-refractivity contribution is 7.07. The van der Waals surface area contributed by atoms with E-state index in [0.29, 0.717) is 0 Å². The fourth-order valence-electron chi connectivity index (χ4n) is 2.77. The average Bonchev–Trinajstić information content (AvgIpc) is 2.59. The second-order valence-electron chi connectivity index (χ2n) is 4.92. The summed E-state index contributed by atoms with van der Waals surface area (Å²) in [6.45, 7) is 0. The third kappa shape index (κ3) is 2.44. The smallest absolute Gasteiger partial charge is 0.288 e. The molecule has 0 bridgehead atoms. The van der Waals surface area contributed by atoms with Crippen molar-refractivity contribution in [3.05, 3.63) is 98.1 Å². The molecule has 0 aromatic heterocycles. The molecule has 0 heterocycles. The Balaban J connectivity index is 2.29. The predicted octanol–water partition coefficient (Wildman–Crippen LogP) is 2.46. The molecule has 0 N–H and O–H groups in total. The van der Waals surface area contributed by atoms with E-state index < -0.39 is 8.32 Å². The highest BCUT2D eigenvalue weighted by atomic mass is 28.4. The molecule has 103 valence electrons. The van der Waals surface area contributed by atoms with Crippen LogP contribution in [0.15, 0.2) is 91.0 Å². The van der Waals surface area contributed by atoms with E-state index in [4.69, 9.17) is 4.43 Å². The molecule has 0 unspecified atom stereocenters. The minimum atomic E-state index is -2.51. The van der Waals surface area contributed by atoms with Crippen LogP contribution in [0.3, 0.4) is 0 Å². The molecular formula is C19H17OSi. The first kappa shape index (κ1) is 13.8. The molecule has 0 aliphatic rings. The van der Waals surface area contributed by atoms with Gasteiger partial charge in [-0.05, 0) is 15.6 Å². The van der Waals surface area contributed by atoms with Gasteiger partial charge >= 0.3 is 0 Å². The molecule has 1 nitrogen and oxygen atoms in total. The van der Waals surface area contributed by atoms with Crippen LogP contribution in [0.1, 0.15) is 0 Å². The summed E-state index contributed by atoms with van der Waals surface area (Å²) in [4.78, 5) is 0. The zero-order valence-corrected chi connectivity index (χ0v) is 12.8. The molecular weight excluding hydrogens is 272 g/mol. The Morgan fingerprint density at radius 3 is 1.05 bits per heavy atom. The van der Waals surface area contributed by atoms with E-state index >= 15 is 0 Å². The lowest BCUT2D eigenvalue weighted by Gasteiger charge is -2.31. The van der Waals surface area contributed by atoms with Crippen molar-refractivity contribution in [3.63, 3.8) is 0 Å². The SMILES string of the molecule is [CH2]O[Si](c1ccccc1)(c1ccccc1)c1ccccc1. The van der Waals surface area contributed by atoms with Crippen LogP contribution in [0, 0.1) is 7.11 Å². The van der Waals surface area contributed by atoms with Gasteiger partial charge in [-0.25, -0.2) is 0 Å². The first-order chi connectivity index (χ1) is 10.4. The van der Waals surface area contributed by atoms with Crippen LogP contribution >= 0.6 is 0 Å². The fourth-order valence-corrected chi connectivity index (χ4v) is 6.25. The standard InChI is InChI=1S/C19H17OSi/c1-20-21(17-11-5-2-6-12-17,18-13-7-3-8-14-18)19-15-9-4-10-16-19/h2-16H,1H2. The quantitative estimate of drug-likeness (QED) is 0.529. The molecule has 21 heavy (non-hydrogen) atoms. The van der Waals surface area contributed by atoms with Crippen molar-refractivity contribution in [1.29, 1.82) is 0 Å². The van der Waals surface area contributed by atoms with E-state index in [1.807, 2.05) is 18.2 Å². The summed E-state index contributed by atoms with van der Waals surface area (Å²) >= 11 is 0. The molecule has 3 aromatic rings. The van der Waals surface area contributed by atoms with Crippen molar-refractivity contribution >= 4 is 23.9 Å². The minimum Gasteiger partial charge on any atom is -0.402 e. The van der Waals surface area contributed by atoms with Crippen molar-refractivity contribution in [3.8, 4) is 0 Å². The molecule has 2 heteroatoms. The maximum Gasteiger partial charge on any atom is 0.288 e. The lowest BCUT2D eigenvalue weighted by molar-refractivity contribution is 0.489. The molecule has 0 spiro atoms. The highest BCUT2D eigenvalue weighted by Crippen LogP contribution is 2.08. The lowest BCUT2D eigenvalue weighted by atomic mass is 10.3. The van der Waals surface area contributed by atoms with Gasteiger partial charge in [-0.1, -0.05) is 91.0 Å². The largest absolute Gasteiger partial charge is 0.402 e. The molecule has 3 aromatic carbocycles. The van der Waals surface area contributed by atoms with Crippen LogP contribution in [0.5, 0.6) is 0 Å². The first-order valence-electron chi connectivity index (χ1n) is 6.97. The molecule has 0 atom stereocenters. The third-order valence-electron chi connectivity index (χ3n) is 3.76. The topological polar surface area (TPSA) is 9.23 Å². The molecule has 0 saturated heterocycles. The van der Waals surface area contributed by atoms with Crippen molar-refractivity contribution in [2.45, 2.75) is 0 Å². The van der Waals surface area contributed by atoms with Gasteiger partial charge in [0.25, 0.3) is 8.32 Å². The van der Waals surface area contributed by atoms with Crippen LogP contribution in [-0.4, -0.2) is 8.32 Å². The van der Waals surface area contributed by atoms with Gasteiger partial charge in [0.15, 0.2) is 0 Å². The van der Waals surface area contributed by atoms with Gasteiger partial charge in [0.1, 0.15) is 0 Å². The Hall–Kier alpha value is -2.16. The highest BCUT2D eigenvalue weighted by Gasteiger charge is 2.40. The van der Waals surface area contributed by atoms with Gasteiger partial charge in [0.2, 0.25) is 0 Å². The number of hydrogen-bond donors (Lipinski definition) is 0. The van der Waals surface area contributed by atoms with Crippen LogP contribution < -0.4 is 15.6 Å². The summed E-state index contributed by atoms with van der Waals surface area (Å²) < 4.78 is 5.98. The normalized spacial score (nSPS) is 11.3. The van der Waals surface area contributed by atoms with Crippen LogP contribution in [0.2, 0.25) is 0 Å².